The molecule has 4 aromatic rings. The molecule has 4 rings (SSSR count). The number of alkyl halides is 4. The average Bonchev–Trinajstić information content (AvgIpc) is 2.92. The van der Waals surface area contributed by atoms with Crippen LogP contribution in [0.3, 0.4) is 0 Å². The van der Waals surface area contributed by atoms with E-state index < -0.39 is 58.6 Å². The van der Waals surface area contributed by atoms with Crippen LogP contribution in [0.4, 0.5) is 35.1 Å². The minimum atomic E-state index is -5.01. The molecule has 1 N–H and O–H groups in total. The molecule has 0 spiro atoms. The molecule has 12 heteroatoms. The summed E-state index contributed by atoms with van der Waals surface area (Å²) in [5.74, 6) is -6.79. The molecule has 1 atom stereocenters. The maximum atomic E-state index is 15.0. The van der Waals surface area contributed by atoms with Gasteiger partial charge in [0.15, 0.2) is 11.6 Å². The summed E-state index contributed by atoms with van der Waals surface area (Å²) in [5, 5.41) is 2.56. The summed E-state index contributed by atoms with van der Waals surface area (Å²) >= 11 is 0. The van der Waals surface area contributed by atoms with Crippen LogP contribution in [0.2, 0.25) is 0 Å². The number of carbonyl (C=O) groups excluding carboxylic acids is 1. The van der Waals surface area contributed by atoms with Crippen LogP contribution < -0.4 is 14.8 Å². The second kappa shape index (κ2) is 12.1. The first-order valence-electron chi connectivity index (χ1n) is 12.2. The maximum Gasteiger partial charge on any atom is 0.461 e. The standard InChI is InChI=1S/C30H21F8NO3/c1-41-26-13-18(7-10-24(26)33)29(16-17-5-3-2-4-6-17,39-27(40)23-9-8-20(31)15-25(23)34)19-11-21(32)14-22(12-19)42-30(37,38)28(35)36/h2-15,28H,16H2,1H3,(H,39,40). The van der Waals surface area contributed by atoms with Gasteiger partial charge in [0.1, 0.15) is 23.2 Å². The van der Waals surface area contributed by atoms with E-state index in [1.807, 2.05) is 0 Å². The monoisotopic (exact) mass is 595 g/mol. The molecule has 0 aromatic heterocycles. The van der Waals surface area contributed by atoms with Gasteiger partial charge in [-0.2, -0.15) is 17.6 Å². The SMILES string of the molecule is COc1cc(C(Cc2ccccc2)(NC(=O)c2ccc(F)cc2F)c2cc(F)cc(OC(F)(F)C(F)F)c2)ccc1F. The molecule has 0 fully saturated rings. The Bertz CT molecular complexity index is 1580. The third kappa shape index (κ3) is 6.48. The van der Waals surface area contributed by atoms with Gasteiger partial charge in [-0.15, -0.1) is 0 Å². The van der Waals surface area contributed by atoms with E-state index >= 15 is 0 Å². The number of nitrogens with one attached hydrogen (secondary N) is 1. The summed E-state index contributed by atoms with van der Waals surface area (Å²) in [6.45, 7) is 0. The topological polar surface area (TPSA) is 47.6 Å². The van der Waals surface area contributed by atoms with E-state index in [9.17, 15) is 39.9 Å². The highest BCUT2D eigenvalue weighted by Crippen LogP contribution is 2.39. The van der Waals surface area contributed by atoms with Crippen molar-refractivity contribution in [2.75, 3.05) is 7.11 Å². The lowest BCUT2D eigenvalue weighted by Gasteiger charge is -2.37. The zero-order chi connectivity index (χ0) is 30.7. The van der Waals surface area contributed by atoms with E-state index in [2.05, 4.69) is 10.1 Å². The molecule has 0 heterocycles. The quantitative estimate of drug-likeness (QED) is 0.194. The number of rotatable bonds is 10. The largest absolute Gasteiger partial charge is 0.494 e. The molecule has 0 saturated heterocycles. The zero-order valence-corrected chi connectivity index (χ0v) is 21.6. The Kier molecular flexibility index (Phi) is 8.74. The number of ether oxygens (including phenoxy) is 2. The predicted octanol–water partition coefficient (Wildman–Crippen LogP) is 7.40. The number of carbonyl (C=O) groups is 1. The third-order valence-corrected chi connectivity index (χ3v) is 6.33. The van der Waals surface area contributed by atoms with Crippen molar-refractivity contribution in [2.24, 2.45) is 0 Å². The molecule has 0 saturated carbocycles. The predicted molar refractivity (Wildman–Crippen MR) is 136 cm³/mol. The third-order valence-electron chi connectivity index (χ3n) is 6.33. The Morgan fingerprint density at radius 3 is 2.17 bits per heavy atom. The fourth-order valence-electron chi connectivity index (χ4n) is 4.39. The number of hydrogen-bond donors (Lipinski definition) is 1. The molecule has 4 aromatic carbocycles. The molecule has 0 aliphatic rings. The Morgan fingerprint density at radius 2 is 1.52 bits per heavy atom. The van der Waals surface area contributed by atoms with E-state index in [-0.39, 0.29) is 23.3 Å². The molecule has 1 unspecified atom stereocenters. The second-order valence-electron chi connectivity index (χ2n) is 9.14. The normalized spacial score (nSPS) is 13.0. The van der Waals surface area contributed by atoms with Crippen molar-refractivity contribution in [3.8, 4) is 11.5 Å². The molecule has 220 valence electrons. The molecular formula is C30H21F8NO3. The van der Waals surface area contributed by atoms with Crippen LogP contribution in [-0.4, -0.2) is 25.6 Å². The molecular weight excluding hydrogens is 574 g/mol. The Morgan fingerprint density at radius 1 is 0.810 bits per heavy atom. The van der Waals surface area contributed by atoms with Crippen molar-refractivity contribution in [1.82, 2.24) is 5.32 Å². The van der Waals surface area contributed by atoms with Crippen LogP contribution in [0.5, 0.6) is 11.5 Å². The highest BCUT2D eigenvalue weighted by molar-refractivity contribution is 5.95. The minimum Gasteiger partial charge on any atom is -0.494 e. The lowest BCUT2D eigenvalue weighted by molar-refractivity contribution is -0.253. The van der Waals surface area contributed by atoms with Gasteiger partial charge >= 0.3 is 12.5 Å². The van der Waals surface area contributed by atoms with Crippen LogP contribution in [0.15, 0.2) is 84.9 Å². The molecule has 4 nitrogen and oxygen atoms in total. The smallest absolute Gasteiger partial charge is 0.461 e. The van der Waals surface area contributed by atoms with Gasteiger partial charge in [-0.05, 0) is 53.1 Å². The Balaban J connectivity index is 2.00. The van der Waals surface area contributed by atoms with Gasteiger partial charge in [0, 0.05) is 18.6 Å². The first kappa shape index (κ1) is 30.4. The summed E-state index contributed by atoms with van der Waals surface area (Å²) in [6, 6.07) is 15.5. The maximum absolute atomic E-state index is 15.0. The molecule has 42 heavy (non-hydrogen) atoms. The van der Waals surface area contributed by atoms with Gasteiger partial charge in [0.2, 0.25) is 0 Å². The minimum absolute atomic E-state index is 0.00218. The van der Waals surface area contributed by atoms with Gasteiger partial charge in [0.25, 0.3) is 5.91 Å². The summed E-state index contributed by atoms with van der Waals surface area (Å²) in [7, 11) is 1.15. The van der Waals surface area contributed by atoms with Gasteiger partial charge in [-0.1, -0.05) is 36.4 Å². The van der Waals surface area contributed by atoms with Crippen molar-refractivity contribution < 1.29 is 49.4 Å². The van der Waals surface area contributed by atoms with Crippen molar-refractivity contribution in [1.29, 1.82) is 0 Å². The van der Waals surface area contributed by atoms with Crippen LogP contribution in [0, 0.1) is 23.3 Å². The lowest BCUT2D eigenvalue weighted by Crippen LogP contribution is -2.49. The van der Waals surface area contributed by atoms with Crippen molar-refractivity contribution in [3.05, 3.63) is 130 Å². The van der Waals surface area contributed by atoms with Gasteiger partial charge in [-0.25, -0.2) is 17.6 Å². The average molecular weight is 595 g/mol. The second-order valence-corrected chi connectivity index (χ2v) is 9.14. The zero-order valence-electron chi connectivity index (χ0n) is 21.6. The van der Waals surface area contributed by atoms with Gasteiger partial charge < -0.3 is 14.8 Å². The summed E-state index contributed by atoms with van der Waals surface area (Å²) in [6.07, 6.45) is -9.56. The van der Waals surface area contributed by atoms with Crippen molar-refractivity contribution >= 4 is 5.91 Å². The summed E-state index contributed by atoms with van der Waals surface area (Å²) < 4.78 is 120. The van der Waals surface area contributed by atoms with E-state index in [1.54, 1.807) is 30.3 Å². The first-order valence-corrected chi connectivity index (χ1v) is 12.2. The first-order chi connectivity index (χ1) is 19.8. The fraction of sp³-hybridized carbons (Fsp3) is 0.167. The van der Waals surface area contributed by atoms with Crippen molar-refractivity contribution in [3.63, 3.8) is 0 Å². The molecule has 1 amide bonds. The van der Waals surface area contributed by atoms with Crippen LogP contribution >= 0.6 is 0 Å². The lowest BCUT2D eigenvalue weighted by atomic mass is 9.77. The Hall–Kier alpha value is -4.61. The van der Waals surface area contributed by atoms with Crippen LogP contribution in [-0.2, 0) is 12.0 Å². The highest BCUT2D eigenvalue weighted by Gasteiger charge is 2.45. The molecule has 0 radical (unpaired) electrons. The van der Waals surface area contributed by atoms with E-state index in [4.69, 9.17) is 4.74 Å². The van der Waals surface area contributed by atoms with E-state index in [0.29, 0.717) is 17.7 Å². The molecule has 0 aliphatic carbocycles. The van der Waals surface area contributed by atoms with Gasteiger partial charge in [-0.3, -0.25) is 4.79 Å². The number of benzene rings is 4. The summed E-state index contributed by atoms with van der Waals surface area (Å²) in [4.78, 5) is 13.5. The number of methoxy groups -OCH3 is 1. The number of halogens is 8. The Labute approximate surface area is 234 Å². The molecule has 0 aliphatic heterocycles. The molecule has 0 bridgehead atoms. The number of hydrogen-bond acceptors (Lipinski definition) is 3. The fourth-order valence-corrected chi connectivity index (χ4v) is 4.39. The van der Waals surface area contributed by atoms with E-state index in [1.165, 1.54) is 6.07 Å². The highest BCUT2D eigenvalue weighted by atomic mass is 19.3. The van der Waals surface area contributed by atoms with Crippen molar-refractivity contribution in [2.45, 2.75) is 24.5 Å². The van der Waals surface area contributed by atoms with Crippen LogP contribution in [0.25, 0.3) is 0 Å². The van der Waals surface area contributed by atoms with Crippen LogP contribution in [0.1, 0.15) is 27.0 Å². The number of amides is 1. The van der Waals surface area contributed by atoms with Gasteiger partial charge in [0.05, 0.1) is 18.2 Å². The van der Waals surface area contributed by atoms with E-state index in [0.717, 1.165) is 43.5 Å². The summed E-state index contributed by atoms with van der Waals surface area (Å²) in [5.41, 5.74) is -2.53.